The lowest BCUT2D eigenvalue weighted by atomic mass is 10.1. The first kappa shape index (κ1) is 18.6. The minimum absolute atomic E-state index is 0.169. The predicted molar refractivity (Wildman–Crippen MR) is 76.5 cm³/mol. The molecule has 116 valence electrons. The van der Waals surface area contributed by atoms with E-state index >= 15 is 0 Å². The molecule has 0 bridgehead atoms. The molecule has 0 atom stereocenters. The average molecular weight is 286 g/mol. The summed E-state index contributed by atoms with van der Waals surface area (Å²) in [7, 11) is 1.61. The van der Waals surface area contributed by atoms with Gasteiger partial charge in [0.15, 0.2) is 0 Å². The number of carbonyl (C=O) groups excluding carboxylic acids is 1. The zero-order chi connectivity index (χ0) is 15.1. The summed E-state index contributed by atoms with van der Waals surface area (Å²) < 4.78 is 9.84. The predicted octanol–water partition coefficient (Wildman–Crippen LogP) is 2.94. The Labute approximate surface area is 121 Å². The number of carboxylic acid groups (broad SMARTS) is 1. The number of unbranched alkanes of at least 4 members (excludes halogenated alkanes) is 5. The zero-order valence-electron chi connectivity index (χ0n) is 12.3. The van der Waals surface area contributed by atoms with E-state index in [9.17, 15) is 9.59 Å². The van der Waals surface area contributed by atoms with Crippen LogP contribution < -0.4 is 0 Å². The van der Waals surface area contributed by atoms with Gasteiger partial charge in [0.05, 0.1) is 6.61 Å². The molecule has 0 aliphatic rings. The summed E-state index contributed by atoms with van der Waals surface area (Å²) in [5.41, 5.74) is 0. The molecule has 0 aliphatic heterocycles. The number of ether oxygens (including phenoxy) is 2. The van der Waals surface area contributed by atoms with Crippen molar-refractivity contribution < 1.29 is 24.2 Å². The van der Waals surface area contributed by atoms with Gasteiger partial charge in [0.1, 0.15) is 6.61 Å². The third kappa shape index (κ3) is 14.7. The van der Waals surface area contributed by atoms with E-state index in [1.165, 1.54) is 0 Å². The van der Waals surface area contributed by atoms with Gasteiger partial charge in [-0.05, 0) is 18.9 Å². The number of rotatable bonds is 13. The van der Waals surface area contributed by atoms with Gasteiger partial charge in [0.25, 0.3) is 0 Å². The number of carboxylic acids is 1. The third-order valence-corrected chi connectivity index (χ3v) is 2.79. The minimum atomic E-state index is -0.729. The Morgan fingerprint density at radius 1 is 0.900 bits per heavy atom. The second-order valence-corrected chi connectivity index (χ2v) is 4.62. The largest absolute Gasteiger partial charge is 0.481 e. The van der Waals surface area contributed by atoms with E-state index in [2.05, 4.69) is 0 Å². The van der Waals surface area contributed by atoms with Crippen LogP contribution in [-0.2, 0) is 19.1 Å². The Kier molecular flexibility index (Phi) is 13.1. The quantitative estimate of drug-likeness (QED) is 0.320. The molecule has 0 aromatic carbocycles. The molecule has 20 heavy (non-hydrogen) atoms. The molecule has 0 aromatic heterocycles. The molecule has 5 heteroatoms. The highest BCUT2D eigenvalue weighted by atomic mass is 16.5. The van der Waals surface area contributed by atoms with Crippen molar-refractivity contribution in [2.75, 3.05) is 20.3 Å². The van der Waals surface area contributed by atoms with Crippen molar-refractivity contribution >= 4 is 11.9 Å². The summed E-state index contributed by atoms with van der Waals surface area (Å²) >= 11 is 0. The highest BCUT2D eigenvalue weighted by Crippen LogP contribution is 2.09. The number of methoxy groups -OCH3 is 1. The maximum Gasteiger partial charge on any atom is 0.306 e. The van der Waals surface area contributed by atoms with Crippen LogP contribution in [0.5, 0.6) is 0 Å². The fourth-order valence-electron chi connectivity index (χ4n) is 1.70. The maximum atomic E-state index is 11.3. The smallest absolute Gasteiger partial charge is 0.306 e. The molecular formula is C15H26O5. The highest BCUT2D eigenvalue weighted by Gasteiger charge is 2.01. The summed E-state index contributed by atoms with van der Waals surface area (Å²) in [6, 6.07) is 0. The van der Waals surface area contributed by atoms with Crippen LogP contribution in [0.1, 0.15) is 51.4 Å². The number of esters is 1. The van der Waals surface area contributed by atoms with E-state index in [1.54, 1.807) is 13.2 Å². The molecule has 0 spiro atoms. The van der Waals surface area contributed by atoms with Crippen molar-refractivity contribution in [3.63, 3.8) is 0 Å². The van der Waals surface area contributed by atoms with Crippen molar-refractivity contribution in [3.8, 4) is 0 Å². The lowest BCUT2D eigenvalue weighted by Crippen LogP contribution is -2.04. The second-order valence-electron chi connectivity index (χ2n) is 4.62. The molecule has 0 saturated heterocycles. The van der Waals surface area contributed by atoms with Crippen LogP contribution in [-0.4, -0.2) is 37.4 Å². The number of hydrogen-bond donors (Lipinski definition) is 1. The Hall–Kier alpha value is -1.36. The zero-order valence-corrected chi connectivity index (χ0v) is 12.3. The van der Waals surface area contributed by atoms with Crippen LogP contribution in [0.4, 0.5) is 0 Å². The Bertz CT molecular complexity index is 286. The van der Waals surface area contributed by atoms with Gasteiger partial charge in [-0.2, -0.15) is 0 Å². The fraction of sp³-hybridized carbons (Fsp3) is 0.733. The number of hydrogen-bond acceptors (Lipinski definition) is 4. The van der Waals surface area contributed by atoms with E-state index in [0.29, 0.717) is 19.6 Å². The minimum Gasteiger partial charge on any atom is -0.481 e. The summed E-state index contributed by atoms with van der Waals surface area (Å²) in [6.07, 6.45) is 9.86. The Morgan fingerprint density at radius 3 is 2.05 bits per heavy atom. The molecule has 0 heterocycles. The van der Waals surface area contributed by atoms with Crippen LogP contribution >= 0.6 is 0 Å². The molecule has 0 rings (SSSR count). The first-order valence-electron chi connectivity index (χ1n) is 7.18. The van der Waals surface area contributed by atoms with Crippen LogP contribution in [0.15, 0.2) is 12.2 Å². The van der Waals surface area contributed by atoms with E-state index in [0.717, 1.165) is 38.5 Å². The van der Waals surface area contributed by atoms with Gasteiger partial charge < -0.3 is 14.6 Å². The number of aliphatic carboxylic acids is 1. The van der Waals surface area contributed by atoms with Crippen molar-refractivity contribution in [3.05, 3.63) is 12.2 Å². The summed E-state index contributed by atoms with van der Waals surface area (Å²) in [6.45, 7) is 0.830. The van der Waals surface area contributed by atoms with Crippen LogP contribution in [0.3, 0.4) is 0 Å². The molecule has 0 aliphatic carbocycles. The van der Waals surface area contributed by atoms with E-state index < -0.39 is 5.97 Å². The molecule has 0 aromatic rings. The van der Waals surface area contributed by atoms with Gasteiger partial charge in [-0.1, -0.05) is 31.8 Å². The summed E-state index contributed by atoms with van der Waals surface area (Å²) in [4.78, 5) is 21.6. The second kappa shape index (κ2) is 14.1. The Morgan fingerprint density at radius 2 is 1.45 bits per heavy atom. The third-order valence-electron chi connectivity index (χ3n) is 2.79. The molecule has 0 saturated carbocycles. The normalized spacial score (nSPS) is 10.8. The van der Waals surface area contributed by atoms with Gasteiger partial charge in [0, 0.05) is 20.0 Å². The van der Waals surface area contributed by atoms with Gasteiger partial charge in [-0.3, -0.25) is 9.59 Å². The molecule has 1 N–H and O–H groups in total. The lowest BCUT2D eigenvalue weighted by Gasteiger charge is -2.02. The highest BCUT2D eigenvalue weighted by molar-refractivity contribution is 5.69. The van der Waals surface area contributed by atoms with E-state index in [4.69, 9.17) is 14.6 Å². The van der Waals surface area contributed by atoms with E-state index in [-0.39, 0.29) is 12.4 Å². The lowest BCUT2D eigenvalue weighted by molar-refractivity contribution is -0.142. The van der Waals surface area contributed by atoms with Crippen LogP contribution in [0, 0.1) is 0 Å². The molecule has 0 amide bonds. The van der Waals surface area contributed by atoms with Crippen LogP contribution in [0.25, 0.3) is 0 Å². The van der Waals surface area contributed by atoms with Crippen molar-refractivity contribution in [1.82, 2.24) is 0 Å². The molecule has 5 nitrogen and oxygen atoms in total. The number of carbonyl (C=O) groups is 2. The van der Waals surface area contributed by atoms with Gasteiger partial charge in [0.2, 0.25) is 0 Å². The van der Waals surface area contributed by atoms with Gasteiger partial charge >= 0.3 is 11.9 Å². The van der Waals surface area contributed by atoms with Crippen LogP contribution in [0.2, 0.25) is 0 Å². The molecule has 0 unspecified atom stereocenters. The van der Waals surface area contributed by atoms with Crippen molar-refractivity contribution in [1.29, 1.82) is 0 Å². The summed E-state index contributed by atoms with van der Waals surface area (Å²) in [5.74, 6) is -0.898. The first-order chi connectivity index (χ1) is 9.66. The van der Waals surface area contributed by atoms with Gasteiger partial charge in [-0.15, -0.1) is 0 Å². The SMILES string of the molecule is COC/C=C\COC(=O)CCCCCCCCC(=O)O. The standard InChI is InChI=1S/C15H26O5/c1-19-12-8-9-13-20-15(18)11-7-5-3-2-4-6-10-14(16)17/h8-9H,2-7,10-13H2,1H3,(H,16,17)/b9-8-. The first-order valence-corrected chi connectivity index (χ1v) is 7.18. The summed E-state index contributed by atoms with van der Waals surface area (Å²) in [5, 5.41) is 8.47. The van der Waals surface area contributed by atoms with Crippen molar-refractivity contribution in [2.45, 2.75) is 51.4 Å². The fourth-order valence-corrected chi connectivity index (χ4v) is 1.70. The van der Waals surface area contributed by atoms with E-state index in [1.807, 2.05) is 6.08 Å². The topological polar surface area (TPSA) is 72.8 Å². The maximum absolute atomic E-state index is 11.3. The van der Waals surface area contributed by atoms with Crippen molar-refractivity contribution in [2.24, 2.45) is 0 Å². The average Bonchev–Trinajstić information content (AvgIpc) is 2.41. The van der Waals surface area contributed by atoms with Gasteiger partial charge in [-0.25, -0.2) is 0 Å². The monoisotopic (exact) mass is 286 g/mol. The molecule has 0 radical (unpaired) electrons. The Balaban J connectivity index is 3.25. The molecule has 0 fully saturated rings. The molecular weight excluding hydrogens is 260 g/mol.